The van der Waals surface area contributed by atoms with E-state index < -0.39 is 11.9 Å². The number of para-hydroxylation sites is 3. The number of carbonyl (C=O) groups is 1. The summed E-state index contributed by atoms with van der Waals surface area (Å²) in [7, 11) is 0. The van der Waals surface area contributed by atoms with E-state index in [4.69, 9.17) is 14.7 Å². The molecule has 7 nitrogen and oxygen atoms in total. The molecule has 0 unspecified atom stereocenters. The summed E-state index contributed by atoms with van der Waals surface area (Å²) in [6.07, 6.45) is 4.03. The van der Waals surface area contributed by atoms with E-state index in [1.807, 2.05) is 42.5 Å². The fourth-order valence-corrected chi connectivity index (χ4v) is 4.26. The predicted octanol–water partition coefficient (Wildman–Crippen LogP) is 4.69. The number of rotatable bonds is 9. The molecule has 1 saturated heterocycles. The van der Waals surface area contributed by atoms with Gasteiger partial charge in [-0.1, -0.05) is 56.5 Å². The smallest absolute Gasteiger partial charge is 0.329 e. The van der Waals surface area contributed by atoms with Crippen LogP contribution in [0.2, 0.25) is 0 Å². The molecule has 2 aromatic carbocycles. The molecule has 0 amide bonds. The van der Waals surface area contributed by atoms with Crippen molar-refractivity contribution in [1.29, 1.82) is 5.26 Å². The van der Waals surface area contributed by atoms with Crippen molar-refractivity contribution >= 4 is 28.5 Å². The Kier molecular flexibility index (Phi) is 7.92. The highest BCUT2D eigenvalue weighted by atomic mass is 16.5. The van der Waals surface area contributed by atoms with Gasteiger partial charge in [0.25, 0.3) is 0 Å². The average Bonchev–Trinajstić information content (AvgIpc) is 2.89. The van der Waals surface area contributed by atoms with Gasteiger partial charge in [0.15, 0.2) is 11.7 Å². The lowest BCUT2D eigenvalue weighted by Gasteiger charge is -2.37. The Morgan fingerprint density at radius 3 is 2.26 bits per heavy atom. The predicted molar refractivity (Wildman–Crippen MR) is 134 cm³/mol. The summed E-state index contributed by atoms with van der Waals surface area (Å²) < 4.78 is 5.47. The molecule has 0 N–H and O–H groups in total. The van der Waals surface area contributed by atoms with E-state index in [0.29, 0.717) is 23.6 Å². The minimum Gasteiger partial charge on any atom is -0.464 e. The van der Waals surface area contributed by atoms with Gasteiger partial charge in [-0.2, -0.15) is 5.26 Å². The van der Waals surface area contributed by atoms with Gasteiger partial charge >= 0.3 is 5.97 Å². The average molecular weight is 458 g/mol. The van der Waals surface area contributed by atoms with Gasteiger partial charge in [0.1, 0.15) is 5.69 Å². The van der Waals surface area contributed by atoms with Crippen LogP contribution in [0.1, 0.15) is 44.2 Å². The summed E-state index contributed by atoms with van der Waals surface area (Å²) in [4.78, 5) is 26.9. The van der Waals surface area contributed by atoms with Crippen molar-refractivity contribution in [2.45, 2.75) is 38.5 Å². The number of fused-ring (bicyclic) bond motifs is 1. The number of carbonyl (C=O) groups excluding carboxylic acids is 1. The van der Waals surface area contributed by atoms with E-state index in [9.17, 15) is 10.1 Å². The van der Waals surface area contributed by atoms with E-state index in [2.05, 4.69) is 34.9 Å². The Balaban J connectivity index is 1.56. The molecule has 1 aliphatic heterocycles. The van der Waals surface area contributed by atoms with E-state index in [1.54, 1.807) is 0 Å². The maximum absolute atomic E-state index is 12.9. The van der Waals surface area contributed by atoms with Gasteiger partial charge in [-0.05, 0) is 30.7 Å². The summed E-state index contributed by atoms with van der Waals surface area (Å²) in [5, 5.41) is 9.93. The number of nitrogens with zero attached hydrogens (tertiary/aromatic N) is 5. The van der Waals surface area contributed by atoms with E-state index in [1.165, 1.54) is 5.69 Å². The molecule has 2 heterocycles. The number of anilines is 2. The molecular formula is C27H31N5O2. The van der Waals surface area contributed by atoms with Gasteiger partial charge in [0.2, 0.25) is 0 Å². The topological polar surface area (TPSA) is 82.3 Å². The first-order valence-corrected chi connectivity index (χ1v) is 12.1. The molecule has 3 aromatic rings. The number of benzene rings is 2. The molecule has 1 fully saturated rings. The quantitative estimate of drug-likeness (QED) is 0.341. The number of esters is 1. The second-order valence-corrected chi connectivity index (χ2v) is 8.52. The lowest BCUT2D eigenvalue weighted by atomic mass is 10.1. The highest BCUT2D eigenvalue weighted by molar-refractivity contribution is 5.85. The minimum atomic E-state index is -1.11. The number of ether oxygens (including phenoxy) is 1. The SMILES string of the molecule is CCCCCCOC(=O)[C@H](C#N)c1nc2ccccc2nc1N1CCN(c2ccccc2)CC1. The first kappa shape index (κ1) is 23.5. The highest BCUT2D eigenvalue weighted by Gasteiger charge is 2.31. The maximum Gasteiger partial charge on any atom is 0.329 e. The van der Waals surface area contributed by atoms with Crippen molar-refractivity contribution in [3.05, 3.63) is 60.3 Å². The van der Waals surface area contributed by atoms with E-state index >= 15 is 0 Å². The van der Waals surface area contributed by atoms with Gasteiger partial charge < -0.3 is 14.5 Å². The van der Waals surface area contributed by atoms with Crippen molar-refractivity contribution in [3.63, 3.8) is 0 Å². The fourth-order valence-electron chi connectivity index (χ4n) is 4.26. The molecule has 0 radical (unpaired) electrons. The van der Waals surface area contributed by atoms with Crippen LogP contribution in [0.5, 0.6) is 0 Å². The summed E-state index contributed by atoms with van der Waals surface area (Å²) in [5.74, 6) is -1.06. The van der Waals surface area contributed by atoms with Crippen molar-refractivity contribution in [3.8, 4) is 6.07 Å². The van der Waals surface area contributed by atoms with E-state index in [-0.39, 0.29) is 0 Å². The summed E-state index contributed by atoms with van der Waals surface area (Å²) >= 11 is 0. The third-order valence-corrected chi connectivity index (χ3v) is 6.16. The van der Waals surface area contributed by atoms with Crippen molar-refractivity contribution < 1.29 is 9.53 Å². The molecule has 7 heteroatoms. The summed E-state index contributed by atoms with van der Waals surface area (Å²) in [6.45, 7) is 5.53. The molecule has 34 heavy (non-hydrogen) atoms. The maximum atomic E-state index is 12.9. The van der Waals surface area contributed by atoms with Crippen LogP contribution in [0.4, 0.5) is 11.5 Å². The number of hydrogen-bond acceptors (Lipinski definition) is 7. The number of nitriles is 1. The standard InChI is InChI=1S/C27H31N5O2/c1-2-3-4-10-19-34-27(33)22(20-28)25-26(30-24-14-9-8-13-23(24)29-25)32-17-15-31(16-18-32)21-11-6-5-7-12-21/h5-9,11-14,22H,2-4,10,15-19H2,1H3/t22-/m1/s1. The molecular weight excluding hydrogens is 426 g/mol. The summed E-state index contributed by atoms with van der Waals surface area (Å²) in [5.41, 5.74) is 2.98. The first-order chi connectivity index (χ1) is 16.7. The third-order valence-electron chi connectivity index (χ3n) is 6.16. The van der Waals surface area contributed by atoms with Gasteiger partial charge in [-0.3, -0.25) is 4.79 Å². The van der Waals surface area contributed by atoms with Crippen LogP contribution >= 0.6 is 0 Å². The number of unbranched alkanes of at least 4 members (excludes halogenated alkanes) is 3. The van der Waals surface area contributed by atoms with Crippen LogP contribution in [-0.4, -0.2) is 48.7 Å². The highest BCUT2D eigenvalue weighted by Crippen LogP contribution is 2.29. The summed E-state index contributed by atoms with van der Waals surface area (Å²) in [6, 6.07) is 20.0. The molecule has 4 rings (SSSR count). The number of aromatic nitrogens is 2. The molecule has 176 valence electrons. The van der Waals surface area contributed by atoms with Gasteiger partial charge in [-0.15, -0.1) is 0 Å². The normalized spacial score (nSPS) is 14.6. The number of piperazine rings is 1. The van der Waals surface area contributed by atoms with Gasteiger partial charge in [0, 0.05) is 31.9 Å². The Bertz CT molecular complexity index is 1140. The third kappa shape index (κ3) is 5.45. The Morgan fingerprint density at radius 1 is 0.941 bits per heavy atom. The van der Waals surface area contributed by atoms with Crippen LogP contribution in [0.3, 0.4) is 0 Å². The van der Waals surface area contributed by atoms with Crippen molar-refractivity contribution in [1.82, 2.24) is 9.97 Å². The zero-order valence-electron chi connectivity index (χ0n) is 19.7. The molecule has 1 aromatic heterocycles. The van der Waals surface area contributed by atoms with Gasteiger partial charge in [-0.25, -0.2) is 9.97 Å². The van der Waals surface area contributed by atoms with E-state index in [0.717, 1.165) is 57.4 Å². The lowest BCUT2D eigenvalue weighted by Crippen LogP contribution is -2.47. The van der Waals surface area contributed by atoms with Crippen LogP contribution < -0.4 is 9.80 Å². The molecule has 1 atom stereocenters. The Morgan fingerprint density at radius 2 is 1.59 bits per heavy atom. The molecule has 0 spiro atoms. The Hall–Kier alpha value is -3.66. The van der Waals surface area contributed by atoms with Crippen molar-refractivity contribution in [2.24, 2.45) is 0 Å². The van der Waals surface area contributed by atoms with Crippen LogP contribution in [0, 0.1) is 11.3 Å². The van der Waals surface area contributed by atoms with Gasteiger partial charge in [0.05, 0.1) is 23.7 Å². The largest absolute Gasteiger partial charge is 0.464 e. The second-order valence-electron chi connectivity index (χ2n) is 8.52. The van der Waals surface area contributed by atoms with Crippen molar-refractivity contribution in [2.75, 3.05) is 42.6 Å². The monoisotopic (exact) mass is 457 g/mol. The van der Waals surface area contributed by atoms with Crippen LogP contribution in [0.15, 0.2) is 54.6 Å². The Labute approximate surface area is 201 Å². The second kappa shape index (κ2) is 11.5. The molecule has 0 bridgehead atoms. The zero-order chi connectivity index (χ0) is 23.8. The minimum absolute atomic E-state index is 0.323. The molecule has 0 aliphatic carbocycles. The van der Waals surface area contributed by atoms with Crippen LogP contribution in [0.25, 0.3) is 11.0 Å². The lowest BCUT2D eigenvalue weighted by molar-refractivity contribution is -0.144. The zero-order valence-corrected chi connectivity index (χ0v) is 19.7. The van der Waals surface area contributed by atoms with Crippen LogP contribution in [-0.2, 0) is 9.53 Å². The first-order valence-electron chi connectivity index (χ1n) is 12.1. The molecule has 0 saturated carbocycles. The number of hydrogen-bond donors (Lipinski definition) is 0. The molecule has 1 aliphatic rings. The fraction of sp³-hybridized carbons (Fsp3) is 0.407.